The summed E-state index contributed by atoms with van der Waals surface area (Å²) < 4.78 is 46.4. The van der Waals surface area contributed by atoms with Crippen molar-refractivity contribution in [3.05, 3.63) is 46.7 Å². The molecule has 2 aliphatic rings. The molecule has 16 heteroatoms. The number of carboxylic acids is 1. The predicted molar refractivity (Wildman–Crippen MR) is 170 cm³/mol. The lowest BCUT2D eigenvalue weighted by molar-refractivity contribution is -0.142. The summed E-state index contributed by atoms with van der Waals surface area (Å²) in [5.74, 6) is -1.45. The van der Waals surface area contributed by atoms with Gasteiger partial charge in [0, 0.05) is 36.1 Å². The number of halogens is 5. The second-order valence-electron chi connectivity index (χ2n) is 10.7. The normalized spacial score (nSPS) is 17.4. The standard InChI is InChI=1S/C29H33F3N6O4S.2ClH/c1-3-19-5-4-10-38(19)16-23-25(18-6-7-22(42-2)20(13-18)29(30,31)32)35-28(43-23)36-26(39)21-14-34-24(15-33-21)37-11-8-17(9-12-37)27(40)41;;/h6-7,13-15,17,19H,3-5,8-12,16H2,1-2H3,(H,40,41)(H,35,36,39);2*1H/t19-;;/m1../s1. The lowest BCUT2D eigenvalue weighted by atomic mass is 9.97. The van der Waals surface area contributed by atoms with Gasteiger partial charge in [-0.25, -0.2) is 15.0 Å². The molecule has 0 bridgehead atoms. The Morgan fingerprint density at radius 1 is 1.11 bits per heavy atom. The number of hydrogen-bond donors (Lipinski definition) is 2. The molecular formula is C29H35Cl2F3N6O4S. The molecule has 5 rings (SSSR count). The molecule has 10 nitrogen and oxygen atoms in total. The number of carbonyl (C=O) groups is 2. The molecular weight excluding hydrogens is 656 g/mol. The summed E-state index contributed by atoms with van der Waals surface area (Å²) in [5, 5.41) is 12.2. The van der Waals surface area contributed by atoms with E-state index in [-0.39, 0.29) is 52.9 Å². The molecule has 2 N–H and O–H groups in total. The van der Waals surface area contributed by atoms with Gasteiger partial charge in [0.2, 0.25) is 0 Å². The highest BCUT2D eigenvalue weighted by atomic mass is 35.5. The molecule has 1 aromatic carbocycles. The van der Waals surface area contributed by atoms with Gasteiger partial charge in [0.1, 0.15) is 17.3 Å². The van der Waals surface area contributed by atoms with E-state index in [1.54, 1.807) is 6.07 Å². The number of nitrogens with one attached hydrogen (secondary N) is 1. The lowest BCUT2D eigenvalue weighted by Crippen LogP contribution is -2.36. The van der Waals surface area contributed by atoms with Gasteiger partial charge in [0.05, 0.1) is 36.7 Å². The van der Waals surface area contributed by atoms with Crippen LogP contribution in [0.25, 0.3) is 11.3 Å². The molecule has 0 radical (unpaired) electrons. The highest BCUT2D eigenvalue weighted by molar-refractivity contribution is 7.16. The van der Waals surface area contributed by atoms with Crippen LogP contribution < -0.4 is 15.0 Å². The van der Waals surface area contributed by atoms with Gasteiger partial charge in [0.15, 0.2) is 5.13 Å². The number of aliphatic carboxylic acids is 1. The summed E-state index contributed by atoms with van der Waals surface area (Å²) in [7, 11) is 1.20. The molecule has 0 saturated carbocycles. The summed E-state index contributed by atoms with van der Waals surface area (Å²) in [5.41, 5.74) is -0.187. The van der Waals surface area contributed by atoms with Crippen molar-refractivity contribution in [3.8, 4) is 17.0 Å². The largest absolute Gasteiger partial charge is 0.496 e. The Bertz CT molecular complexity index is 1470. The number of carbonyl (C=O) groups excluding carboxylic acids is 1. The number of thiazole rings is 1. The van der Waals surface area contributed by atoms with Crippen LogP contribution in [0.3, 0.4) is 0 Å². The molecule has 0 aliphatic carbocycles. The first-order valence-electron chi connectivity index (χ1n) is 14.2. The monoisotopic (exact) mass is 690 g/mol. The molecule has 246 valence electrons. The maximum absolute atomic E-state index is 13.8. The van der Waals surface area contributed by atoms with Crippen molar-refractivity contribution >= 4 is 59.0 Å². The van der Waals surface area contributed by atoms with Gasteiger partial charge in [-0.2, -0.15) is 13.2 Å². The SMILES string of the molecule is CC[C@@H]1CCCN1Cc1sc(NC(=O)c2cnc(N3CCC(C(=O)O)CC3)cn2)nc1-c1ccc(OC)c(C(F)(F)F)c1.Cl.Cl. The Labute approximate surface area is 275 Å². The fourth-order valence-electron chi connectivity index (χ4n) is 5.68. The third-order valence-electron chi connectivity index (χ3n) is 8.05. The molecule has 0 unspecified atom stereocenters. The zero-order chi connectivity index (χ0) is 30.7. The van der Waals surface area contributed by atoms with E-state index < -0.39 is 23.6 Å². The molecule has 3 aromatic rings. The van der Waals surface area contributed by atoms with Crippen LogP contribution in [0, 0.1) is 5.92 Å². The first-order chi connectivity index (χ1) is 20.6. The van der Waals surface area contributed by atoms with Crippen LogP contribution in [-0.4, -0.2) is 69.6 Å². The second-order valence-corrected chi connectivity index (χ2v) is 11.8. The number of carboxylic acid groups (broad SMARTS) is 1. The number of ether oxygens (including phenoxy) is 1. The molecule has 2 fully saturated rings. The fourth-order valence-corrected chi connectivity index (χ4v) is 6.69. The van der Waals surface area contributed by atoms with Crippen molar-refractivity contribution in [1.82, 2.24) is 19.9 Å². The Morgan fingerprint density at radius 2 is 1.84 bits per heavy atom. The minimum absolute atomic E-state index is 0. The van der Waals surface area contributed by atoms with E-state index in [0.29, 0.717) is 50.0 Å². The minimum Gasteiger partial charge on any atom is -0.496 e. The van der Waals surface area contributed by atoms with Crippen molar-refractivity contribution in [2.45, 2.75) is 57.8 Å². The molecule has 2 aromatic heterocycles. The number of methoxy groups -OCH3 is 1. The summed E-state index contributed by atoms with van der Waals surface area (Å²) in [6.07, 6.45) is 2.27. The van der Waals surface area contributed by atoms with Crippen LogP contribution in [0.2, 0.25) is 0 Å². The Morgan fingerprint density at radius 3 is 2.44 bits per heavy atom. The summed E-state index contributed by atoms with van der Waals surface area (Å²) in [4.78, 5) is 42.5. The molecule has 45 heavy (non-hydrogen) atoms. The third kappa shape index (κ3) is 8.34. The van der Waals surface area contributed by atoms with Gasteiger partial charge in [-0.1, -0.05) is 18.3 Å². The van der Waals surface area contributed by atoms with Crippen LogP contribution in [0.1, 0.15) is 60.0 Å². The van der Waals surface area contributed by atoms with Crippen LogP contribution in [0.4, 0.5) is 24.1 Å². The van der Waals surface area contributed by atoms with Gasteiger partial charge in [-0.15, -0.1) is 24.8 Å². The van der Waals surface area contributed by atoms with Crippen molar-refractivity contribution in [3.63, 3.8) is 0 Å². The first-order valence-corrected chi connectivity index (χ1v) is 15.0. The number of aromatic nitrogens is 3. The van der Waals surface area contributed by atoms with Crippen molar-refractivity contribution in [2.75, 3.05) is 37.0 Å². The topological polar surface area (TPSA) is 121 Å². The van der Waals surface area contributed by atoms with Crippen molar-refractivity contribution in [2.24, 2.45) is 5.92 Å². The molecule has 1 atom stereocenters. The highest BCUT2D eigenvalue weighted by Gasteiger charge is 2.35. The fraction of sp³-hybridized carbons (Fsp3) is 0.483. The zero-order valence-electron chi connectivity index (χ0n) is 24.7. The van der Waals surface area contributed by atoms with Crippen molar-refractivity contribution in [1.29, 1.82) is 0 Å². The molecule has 1 amide bonds. The predicted octanol–water partition coefficient (Wildman–Crippen LogP) is 6.40. The van der Waals surface area contributed by atoms with Gasteiger partial charge in [0.25, 0.3) is 5.91 Å². The maximum Gasteiger partial charge on any atom is 0.419 e. The van der Waals surface area contributed by atoms with Crippen LogP contribution in [0.5, 0.6) is 5.75 Å². The average molecular weight is 692 g/mol. The van der Waals surface area contributed by atoms with E-state index >= 15 is 0 Å². The van der Waals surface area contributed by atoms with Gasteiger partial charge >= 0.3 is 12.1 Å². The quantitative estimate of drug-likeness (QED) is 0.263. The number of likely N-dealkylation sites (tertiary alicyclic amines) is 1. The number of nitrogens with zero attached hydrogens (tertiary/aromatic N) is 5. The van der Waals surface area contributed by atoms with E-state index in [9.17, 15) is 27.9 Å². The Balaban J connectivity index is 0.00000276. The number of amides is 1. The average Bonchev–Trinajstić information content (AvgIpc) is 3.62. The number of benzene rings is 1. The summed E-state index contributed by atoms with van der Waals surface area (Å²) in [6.45, 7) is 4.55. The minimum atomic E-state index is -4.62. The van der Waals surface area contributed by atoms with Gasteiger partial charge in [-0.05, 0) is 56.8 Å². The Hall–Kier alpha value is -3.20. The number of piperidine rings is 1. The molecule has 2 saturated heterocycles. The first kappa shape index (κ1) is 36.3. The van der Waals surface area contributed by atoms with Gasteiger partial charge in [-0.3, -0.25) is 19.8 Å². The Kier molecular flexibility index (Phi) is 12.4. The summed E-state index contributed by atoms with van der Waals surface area (Å²) in [6, 6.07) is 4.24. The molecule has 0 spiro atoms. The van der Waals surface area contributed by atoms with Crippen LogP contribution in [-0.2, 0) is 17.5 Å². The lowest BCUT2D eigenvalue weighted by Gasteiger charge is -2.30. The molecule has 2 aliphatic heterocycles. The number of alkyl halides is 3. The zero-order valence-corrected chi connectivity index (χ0v) is 27.1. The van der Waals surface area contributed by atoms with Crippen LogP contribution in [0.15, 0.2) is 30.6 Å². The maximum atomic E-state index is 13.8. The van der Waals surface area contributed by atoms with E-state index in [4.69, 9.17) is 4.74 Å². The third-order valence-corrected chi connectivity index (χ3v) is 9.01. The number of rotatable bonds is 9. The van der Waals surface area contributed by atoms with E-state index in [2.05, 4.69) is 32.1 Å². The summed E-state index contributed by atoms with van der Waals surface area (Å²) >= 11 is 1.23. The van der Waals surface area contributed by atoms with E-state index in [1.165, 1.54) is 36.9 Å². The number of anilines is 2. The van der Waals surface area contributed by atoms with Crippen LogP contribution >= 0.6 is 36.2 Å². The van der Waals surface area contributed by atoms with Gasteiger partial charge < -0.3 is 14.7 Å². The molecule has 4 heterocycles. The van der Waals surface area contributed by atoms with E-state index in [0.717, 1.165) is 36.8 Å². The second kappa shape index (κ2) is 15.4. The highest BCUT2D eigenvalue weighted by Crippen LogP contribution is 2.41. The van der Waals surface area contributed by atoms with Crippen molar-refractivity contribution < 1.29 is 32.6 Å². The smallest absolute Gasteiger partial charge is 0.419 e. The van der Waals surface area contributed by atoms with E-state index in [1.807, 2.05) is 4.90 Å². The number of hydrogen-bond acceptors (Lipinski definition) is 9.